The normalized spacial score (nSPS) is 9.78. The van der Waals surface area contributed by atoms with E-state index < -0.39 is 0 Å². The number of rotatable bonds is 9. The topological polar surface area (TPSA) is 70.2 Å². The molecule has 0 bridgehead atoms. The molecular weight excluding hydrogens is 254 g/mol. The second-order valence-electron chi connectivity index (χ2n) is 4.38. The summed E-state index contributed by atoms with van der Waals surface area (Å²) in [6.07, 6.45) is 2.37. The SMILES string of the molecule is CNCCCNC(=O)CCCC(=O)NC(C)C.Cl. The average Bonchev–Trinajstić information content (AvgIpc) is 2.23. The highest BCUT2D eigenvalue weighted by Gasteiger charge is 2.05. The number of halogens is 1. The number of amides is 2. The van der Waals surface area contributed by atoms with Gasteiger partial charge in [-0.25, -0.2) is 0 Å². The molecule has 0 unspecified atom stereocenters. The zero-order chi connectivity index (χ0) is 13.1. The van der Waals surface area contributed by atoms with E-state index in [2.05, 4.69) is 16.0 Å². The minimum atomic E-state index is 0. The zero-order valence-corrected chi connectivity index (χ0v) is 12.4. The number of carbonyl (C=O) groups excluding carboxylic acids is 2. The molecule has 6 heteroatoms. The molecule has 0 aromatic heterocycles. The fraction of sp³-hybridized carbons (Fsp3) is 0.833. The van der Waals surface area contributed by atoms with E-state index in [4.69, 9.17) is 0 Å². The third-order valence-electron chi connectivity index (χ3n) is 2.18. The van der Waals surface area contributed by atoms with Crippen LogP contribution in [0.1, 0.15) is 39.5 Å². The summed E-state index contributed by atoms with van der Waals surface area (Å²) in [7, 11) is 1.88. The molecule has 2 amide bonds. The molecule has 0 saturated carbocycles. The van der Waals surface area contributed by atoms with E-state index in [1.54, 1.807) is 0 Å². The van der Waals surface area contributed by atoms with Gasteiger partial charge in [-0.2, -0.15) is 0 Å². The van der Waals surface area contributed by atoms with Gasteiger partial charge in [0.15, 0.2) is 0 Å². The molecule has 0 atom stereocenters. The Morgan fingerprint density at radius 2 is 1.61 bits per heavy atom. The standard InChI is InChI=1S/C12H25N3O2.ClH/c1-10(2)15-12(17)7-4-6-11(16)14-9-5-8-13-3;/h10,13H,4-9H2,1-3H3,(H,14,16)(H,15,17);1H. The van der Waals surface area contributed by atoms with Gasteiger partial charge in [0, 0.05) is 25.4 Å². The van der Waals surface area contributed by atoms with Gasteiger partial charge in [-0.05, 0) is 40.3 Å². The van der Waals surface area contributed by atoms with E-state index in [1.165, 1.54) is 0 Å². The van der Waals surface area contributed by atoms with Gasteiger partial charge in [-0.15, -0.1) is 12.4 Å². The molecule has 0 heterocycles. The first kappa shape index (κ1) is 19.5. The number of carbonyl (C=O) groups is 2. The molecule has 18 heavy (non-hydrogen) atoms. The molecule has 0 aliphatic rings. The predicted molar refractivity (Wildman–Crippen MR) is 75.9 cm³/mol. The van der Waals surface area contributed by atoms with Crippen LogP contribution < -0.4 is 16.0 Å². The summed E-state index contributed by atoms with van der Waals surface area (Å²) in [5.74, 6) is 0.0430. The Morgan fingerprint density at radius 1 is 1.00 bits per heavy atom. The molecule has 0 radical (unpaired) electrons. The summed E-state index contributed by atoms with van der Waals surface area (Å²) >= 11 is 0. The maximum Gasteiger partial charge on any atom is 0.220 e. The van der Waals surface area contributed by atoms with Gasteiger partial charge in [0.25, 0.3) is 0 Å². The lowest BCUT2D eigenvalue weighted by Gasteiger charge is -2.08. The molecule has 0 aromatic carbocycles. The first-order valence-corrected chi connectivity index (χ1v) is 6.27. The fourth-order valence-electron chi connectivity index (χ4n) is 1.39. The van der Waals surface area contributed by atoms with Crippen LogP contribution in [0, 0.1) is 0 Å². The van der Waals surface area contributed by atoms with E-state index in [1.807, 2.05) is 20.9 Å². The van der Waals surface area contributed by atoms with E-state index in [-0.39, 0.29) is 30.3 Å². The quantitative estimate of drug-likeness (QED) is 0.548. The molecule has 5 nitrogen and oxygen atoms in total. The van der Waals surface area contributed by atoms with Gasteiger partial charge in [0.2, 0.25) is 11.8 Å². The van der Waals surface area contributed by atoms with Crippen LogP contribution in [-0.4, -0.2) is 38.0 Å². The Labute approximate surface area is 116 Å². The van der Waals surface area contributed by atoms with Crippen LogP contribution in [-0.2, 0) is 9.59 Å². The summed E-state index contributed by atoms with van der Waals surface area (Å²) in [5, 5.41) is 8.63. The highest BCUT2D eigenvalue weighted by Crippen LogP contribution is 1.96. The Hall–Kier alpha value is -0.810. The van der Waals surface area contributed by atoms with Gasteiger partial charge in [0.05, 0.1) is 0 Å². The minimum Gasteiger partial charge on any atom is -0.356 e. The fourth-order valence-corrected chi connectivity index (χ4v) is 1.39. The molecular formula is C12H26ClN3O2. The van der Waals surface area contributed by atoms with Crippen LogP contribution in [0.5, 0.6) is 0 Å². The molecule has 108 valence electrons. The van der Waals surface area contributed by atoms with Crippen LogP contribution in [0.3, 0.4) is 0 Å². The largest absolute Gasteiger partial charge is 0.356 e. The molecule has 0 spiro atoms. The van der Waals surface area contributed by atoms with Crippen molar-refractivity contribution in [2.45, 2.75) is 45.6 Å². The number of hydrogen-bond donors (Lipinski definition) is 3. The lowest BCUT2D eigenvalue weighted by atomic mass is 10.2. The second kappa shape index (κ2) is 12.6. The summed E-state index contributed by atoms with van der Waals surface area (Å²) in [5.41, 5.74) is 0. The van der Waals surface area contributed by atoms with Crippen molar-refractivity contribution < 1.29 is 9.59 Å². The molecule has 0 aliphatic heterocycles. The smallest absolute Gasteiger partial charge is 0.220 e. The third-order valence-corrected chi connectivity index (χ3v) is 2.18. The Balaban J connectivity index is 0. The third kappa shape index (κ3) is 13.3. The lowest BCUT2D eigenvalue weighted by molar-refractivity contribution is -0.122. The molecule has 0 rings (SSSR count). The van der Waals surface area contributed by atoms with Crippen molar-refractivity contribution in [3.05, 3.63) is 0 Å². The van der Waals surface area contributed by atoms with E-state index in [0.29, 0.717) is 25.8 Å². The van der Waals surface area contributed by atoms with Crippen LogP contribution in [0.4, 0.5) is 0 Å². The molecule has 3 N–H and O–H groups in total. The van der Waals surface area contributed by atoms with Crippen LogP contribution in [0.2, 0.25) is 0 Å². The van der Waals surface area contributed by atoms with Crippen molar-refractivity contribution in [1.29, 1.82) is 0 Å². The highest BCUT2D eigenvalue weighted by atomic mass is 35.5. The first-order valence-electron chi connectivity index (χ1n) is 6.27. The number of hydrogen-bond acceptors (Lipinski definition) is 3. The van der Waals surface area contributed by atoms with Crippen LogP contribution in [0.15, 0.2) is 0 Å². The zero-order valence-electron chi connectivity index (χ0n) is 11.5. The average molecular weight is 280 g/mol. The minimum absolute atomic E-state index is 0. The molecule has 0 aliphatic carbocycles. The van der Waals surface area contributed by atoms with Crippen molar-refractivity contribution >= 4 is 24.2 Å². The van der Waals surface area contributed by atoms with Gasteiger partial charge >= 0.3 is 0 Å². The Morgan fingerprint density at radius 3 is 2.17 bits per heavy atom. The van der Waals surface area contributed by atoms with Gasteiger partial charge in [-0.3, -0.25) is 9.59 Å². The molecule has 0 fully saturated rings. The Kier molecular flexibility index (Phi) is 13.7. The van der Waals surface area contributed by atoms with Gasteiger partial charge in [0.1, 0.15) is 0 Å². The van der Waals surface area contributed by atoms with Gasteiger partial charge < -0.3 is 16.0 Å². The van der Waals surface area contributed by atoms with Crippen molar-refractivity contribution in [3.8, 4) is 0 Å². The summed E-state index contributed by atoms with van der Waals surface area (Å²) < 4.78 is 0. The van der Waals surface area contributed by atoms with Crippen molar-refractivity contribution in [2.75, 3.05) is 20.1 Å². The highest BCUT2D eigenvalue weighted by molar-refractivity contribution is 5.85. The first-order chi connectivity index (χ1) is 8.06. The Bertz CT molecular complexity index is 235. The van der Waals surface area contributed by atoms with E-state index in [0.717, 1.165) is 13.0 Å². The maximum absolute atomic E-state index is 11.3. The number of nitrogens with one attached hydrogen (secondary N) is 3. The van der Waals surface area contributed by atoms with Crippen molar-refractivity contribution in [1.82, 2.24) is 16.0 Å². The maximum atomic E-state index is 11.3. The lowest BCUT2D eigenvalue weighted by Crippen LogP contribution is -2.30. The molecule has 0 aromatic rings. The van der Waals surface area contributed by atoms with E-state index >= 15 is 0 Å². The van der Waals surface area contributed by atoms with Gasteiger partial charge in [-0.1, -0.05) is 0 Å². The summed E-state index contributed by atoms with van der Waals surface area (Å²) in [6.45, 7) is 5.44. The van der Waals surface area contributed by atoms with Crippen molar-refractivity contribution in [3.63, 3.8) is 0 Å². The van der Waals surface area contributed by atoms with E-state index in [9.17, 15) is 9.59 Å². The van der Waals surface area contributed by atoms with Crippen LogP contribution >= 0.6 is 12.4 Å². The van der Waals surface area contributed by atoms with Crippen molar-refractivity contribution in [2.24, 2.45) is 0 Å². The summed E-state index contributed by atoms with van der Waals surface area (Å²) in [4.78, 5) is 22.6. The predicted octanol–water partition coefficient (Wildman–Crippen LogP) is 0.829. The van der Waals surface area contributed by atoms with Crippen LogP contribution in [0.25, 0.3) is 0 Å². The monoisotopic (exact) mass is 279 g/mol. The second-order valence-corrected chi connectivity index (χ2v) is 4.38. The summed E-state index contributed by atoms with van der Waals surface area (Å²) in [6, 6.07) is 0.165. The molecule has 0 saturated heterocycles.